The molecule has 0 aliphatic carbocycles. The summed E-state index contributed by atoms with van der Waals surface area (Å²) in [4.78, 5) is 29.8. The lowest BCUT2D eigenvalue weighted by Crippen LogP contribution is -2.48. The molecule has 0 unspecified atom stereocenters. The van der Waals surface area contributed by atoms with Gasteiger partial charge in [0.15, 0.2) is 11.4 Å². The summed E-state index contributed by atoms with van der Waals surface area (Å²) in [6, 6.07) is 33.0. The van der Waals surface area contributed by atoms with Crippen molar-refractivity contribution in [2.75, 3.05) is 12.8 Å². The van der Waals surface area contributed by atoms with Gasteiger partial charge < -0.3 is 9.64 Å². The van der Waals surface area contributed by atoms with Gasteiger partial charge in [-0.15, -0.1) is 0 Å². The second-order valence-corrected chi connectivity index (χ2v) is 13.6. The van der Waals surface area contributed by atoms with E-state index >= 15 is 4.39 Å². The molecule has 252 valence electrons. The van der Waals surface area contributed by atoms with Gasteiger partial charge in [0.2, 0.25) is 0 Å². The van der Waals surface area contributed by atoms with Gasteiger partial charge in [-0.05, 0) is 41.2 Å². The summed E-state index contributed by atoms with van der Waals surface area (Å²) in [7, 11) is -4.10. The number of rotatable bonds is 12. The quantitative estimate of drug-likeness (QED) is 0.154. The lowest BCUT2D eigenvalue weighted by Gasteiger charge is -2.36. The zero-order valence-electron chi connectivity index (χ0n) is 26.9. The Kier molecular flexibility index (Phi) is 10.3. The van der Waals surface area contributed by atoms with Gasteiger partial charge in [0.25, 0.3) is 21.5 Å². The Balaban J connectivity index is 1.41. The van der Waals surface area contributed by atoms with Crippen LogP contribution in [0.1, 0.15) is 51.5 Å². The molecule has 2 heterocycles. The van der Waals surface area contributed by atoms with Crippen molar-refractivity contribution in [2.45, 2.75) is 44.1 Å². The summed E-state index contributed by atoms with van der Waals surface area (Å²) in [6.45, 7) is 0.563. The molecule has 1 aromatic heterocycles. The van der Waals surface area contributed by atoms with Crippen molar-refractivity contribution in [1.82, 2.24) is 14.7 Å². The lowest BCUT2D eigenvalue weighted by atomic mass is 9.82. The number of benzene rings is 4. The molecule has 1 aliphatic heterocycles. The maximum Gasteiger partial charge on any atom is 0.278 e. The van der Waals surface area contributed by atoms with Crippen LogP contribution < -0.4 is 10.2 Å². The number of carbonyl (C=O) groups is 1. The molecule has 0 radical (unpaired) electrons. The topological polar surface area (TPSA) is 108 Å². The molecule has 0 N–H and O–H groups in total. The molecular formula is C38H36FN3O6S. The molecule has 0 bridgehead atoms. The number of ether oxygens (including phenoxy) is 1. The number of aromatic nitrogens is 2. The van der Waals surface area contributed by atoms with Crippen LogP contribution >= 0.6 is 0 Å². The molecule has 11 heteroatoms. The van der Waals surface area contributed by atoms with Crippen LogP contribution in [0.15, 0.2) is 126 Å². The molecule has 6 rings (SSSR count). The number of nitrogens with zero attached hydrogens (tertiary/aromatic N) is 3. The highest BCUT2D eigenvalue weighted by Gasteiger charge is 2.44. The van der Waals surface area contributed by atoms with Crippen LogP contribution in [0.25, 0.3) is 0 Å². The molecule has 3 atom stereocenters. The van der Waals surface area contributed by atoms with E-state index in [0.29, 0.717) is 18.4 Å². The van der Waals surface area contributed by atoms with Gasteiger partial charge >= 0.3 is 0 Å². The first kappa shape index (κ1) is 33.8. The van der Waals surface area contributed by atoms with Crippen LogP contribution in [0.5, 0.6) is 5.75 Å². The monoisotopic (exact) mass is 681 g/mol. The average Bonchev–Trinajstić information content (AvgIpc) is 3.59. The molecule has 1 saturated heterocycles. The molecule has 1 aliphatic rings. The van der Waals surface area contributed by atoms with Gasteiger partial charge in [-0.3, -0.25) is 18.5 Å². The van der Waals surface area contributed by atoms with Crippen molar-refractivity contribution in [1.29, 1.82) is 0 Å². The van der Waals surface area contributed by atoms with E-state index in [0.717, 1.165) is 17.4 Å². The minimum atomic E-state index is -4.10. The zero-order valence-corrected chi connectivity index (χ0v) is 27.7. The Bertz CT molecular complexity index is 2060. The fourth-order valence-electron chi connectivity index (χ4n) is 6.34. The average molecular weight is 682 g/mol. The SMILES string of the molecule is CS(=O)(=O)O[C@H]([C@@H](c1ccccc1)c1ccccc1F)[C@H]1CCCN1C(=O)c1nn(Cc2ccccc2)cc(OCc2ccccc2)c1=O. The van der Waals surface area contributed by atoms with E-state index in [-0.39, 0.29) is 36.7 Å². The van der Waals surface area contributed by atoms with Gasteiger partial charge in [-0.2, -0.15) is 13.5 Å². The fourth-order valence-corrected chi connectivity index (χ4v) is 6.99. The molecule has 9 nitrogen and oxygen atoms in total. The maximum atomic E-state index is 15.5. The van der Waals surface area contributed by atoms with E-state index in [9.17, 15) is 18.0 Å². The highest BCUT2D eigenvalue weighted by Crippen LogP contribution is 2.38. The van der Waals surface area contributed by atoms with Gasteiger partial charge in [-0.1, -0.05) is 109 Å². The third-order valence-electron chi connectivity index (χ3n) is 8.51. The van der Waals surface area contributed by atoms with E-state index < -0.39 is 45.3 Å². The third-order valence-corrected chi connectivity index (χ3v) is 9.09. The van der Waals surface area contributed by atoms with Crippen molar-refractivity contribution >= 4 is 16.0 Å². The summed E-state index contributed by atoms with van der Waals surface area (Å²) in [5.41, 5.74) is 1.50. The number of amides is 1. The van der Waals surface area contributed by atoms with E-state index in [2.05, 4.69) is 5.10 Å². The number of carbonyl (C=O) groups excluding carboxylic acids is 1. The van der Waals surface area contributed by atoms with E-state index in [1.807, 2.05) is 60.7 Å². The molecule has 4 aromatic carbocycles. The van der Waals surface area contributed by atoms with Crippen LogP contribution in [0.4, 0.5) is 4.39 Å². The third kappa shape index (κ3) is 8.13. The Labute approximate surface area is 284 Å². The maximum absolute atomic E-state index is 15.5. The summed E-state index contributed by atoms with van der Waals surface area (Å²) >= 11 is 0. The van der Waals surface area contributed by atoms with E-state index in [4.69, 9.17) is 8.92 Å². The minimum Gasteiger partial charge on any atom is -0.483 e. The van der Waals surface area contributed by atoms with Crippen LogP contribution in [0, 0.1) is 5.82 Å². The molecule has 0 saturated carbocycles. The number of hydrogen-bond acceptors (Lipinski definition) is 7. The molecule has 1 amide bonds. The Morgan fingerprint density at radius 1 is 0.898 bits per heavy atom. The van der Waals surface area contributed by atoms with Gasteiger partial charge in [-0.25, -0.2) is 4.39 Å². The summed E-state index contributed by atoms with van der Waals surface area (Å²) < 4.78 is 54.3. The summed E-state index contributed by atoms with van der Waals surface area (Å²) in [5, 5.41) is 4.49. The molecular weight excluding hydrogens is 645 g/mol. The fraction of sp³-hybridized carbons (Fsp3) is 0.237. The molecule has 1 fully saturated rings. The zero-order chi connectivity index (χ0) is 34.4. The predicted octanol–water partition coefficient (Wildman–Crippen LogP) is 5.79. The van der Waals surface area contributed by atoms with Gasteiger partial charge in [0.05, 0.1) is 25.0 Å². The Hall–Kier alpha value is -5.13. The first-order valence-electron chi connectivity index (χ1n) is 16.0. The van der Waals surface area contributed by atoms with Crippen LogP contribution in [-0.2, 0) is 27.5 Å². The van der Waals surface area contributed by atoms with Gasteiger partial charge in [0.1, 0.15) is 18.5 Å². The van der Waals surface area contributed by atoms with E-state index in [1.165, 1.54) is 21.8 Å². The molecule has 5 aromatic rings. The normalized spacial score (nSPS) is 15.9. The van der Waals surface area contributed by atoms with Crippen LogP contribution in [0.2, 0.25) is 0 Å². The second kappa shape index (κ2) is 15.0. The summed E-state index contributed by atoms with van der Waals surface area (Å²) in [5.74, 6) is -2.19. The largest absolute Gasteiger partial charge is 0.483 e. The molecule has 0 spiro atoms. The van der Waals surface area contributed by atoms with Gasteiger partial charge in [0, 0.05) is 12.5 Å². The molecule has 49 heavy (non-hydrogen) atoms. The first-order chi connectivity index (χ1) is 23.7. The summed E-state index contributed by atoms with van der Waals surface area (Å²) in [6.07, 6.45) is 2.05. The van der Waals surface area contributed by atoms with Crippen molar-refractivity contribution < 1.29 is 26.5 Å². The van der Waals surface area contributed by atoms with E-state index in [1.54, 1.807) is 48.5 Å². The highest BCUT2D eigenvalue weighted by molar-refractivity contribution is 7.86. The van der Waals surface area contributed by atoms with Crippen LogP contribution in [-0.4, -0.2) is 54.0 Å². The van der Waals surface area contributed by atoms with Crippen molar-refractivity contribution in [3.8, 4) is 5.75 Å². The number of hydrogen-bond donors (Lipinski definition) is 0. The van der Waals surface area contributed by atoms with Crippen molar-refractivity contribution in [3.63, 3.8) is 0 Å². The smallest absolute Gasteiger partial charge is 0.278 e. The minimum absolute atomic E-state index is 0.0497. The van der Waals surface area contributed by atoms with Crippen molar-refractivity contribution in [2.24, 2.45) is 0 Å². The predicted molar refractivity (Wildman–Crippen MR) is 183 cm³/mol. The number of likely N-dealkylation sites (tertiary alicyclic amines) is 1. The Morgan fingerprint density at radius 3 is 2.16 bits per heavy atom. The second-order valence-electron chi connectivity index (χ2n) is 12.0. The first-order valence-corrected chi connectivity index (χ1v) is 17.8. The standard InChI is InChI=1S/C38H36FN3O6S/c1-49(45,46)48-37(34(29-18-9-4-10-19-29)30-20-11-12-21-31(30)39)32-22-13-23-42(32)38(44)35-36(43)33(47-26-28-16-7-3-8-17-28)25-41(40-35)24-27-14-5-2-6-15-27/h2-12,14-21,25,32,34,37H,13,22-24,26H2,1H3/t32-,34+,37+/m1/s1. The van der Waals surface area contributed by atoms with Crippen molar-refractivity contribution in [3.05, 3.63) is 165 Å². The Morgan fingerprint density at radius 2 is 1.51 bits per heavy atom. The lowest BCUT2D eigenvalue weighted by molar-refractivity contribution is 0.0524. The highest BCUT2D eigenvalue weighted by atomic mass is 32.2. The number of halogens is 1. The van der Waals surface area contributed by atoms with Crippen LogP contribution in [0.3, 0.4) is 0 Å².